The van der Waals surface area contributed by atoms with E-state index in [-0.39, 0.29) is 0 Å². The van der Waals surface area contributed by atoms with Crippen LogP contribution in [0.2, 0.25) is 5.02 Å². The summed E-state index contributed by atoms with van der Waals surface area (Å²) in [5.41, 5.74) is 1.01. The van der Waals surface area contributed by atoms with Crippen molar-refractivity contribution < 1.29 is 14.2 Å². The number of hydrogen-bond acceptors (Lipinski definition) is 4. The Bertz CT molecular complexity index is 374. The number of ether oxygens (including phenoxy) is 3. The molecule has 1 aromatic rings. The van der Waals surface area contributed by atoms with E-state index in [2.05, 4.69) is 12.2 Å². The molecule has 0 aromatic heterocycles. The lowest BCUT2D eigenvalue weighted by Crippen LogP contribution is -2.14. The Kier molecular flexibility index (Phi) is 9.41. The lowest BCUT2D eigenvalue weighted by Gasteiger charge is -2.13. The van der Waals surface area contributed by atoms with Gasteiger partial charge in [0.1, 0.15) is 5.75 Å². The maximum atomic E-state index is 6.20. The summed E-state index contributed by atoms with van der Waals surface area (Å²) in [6, 6.07) is 5.74. The van der Waals surface area contributed by atoms with Gasteiger partial charge >= 0.3 is 0 Å². The fourth-order valence-corrected chi connectivity index (χ4v) is 1.92. The first-order chi connectivity index (χ1) is 9.79. The molecule has 1 aromatic carbocycles. The molecule has 0 atom stereocenters. The second-order valence-electron chi connectivity index (χ2n) is 4.30. The molecule has 0 saturated carbocycles. The van der Waals surface area contributed by atoms with Crippen LogP contribution >= 0.6 is 11.6 Å². The van der Waals surface area contributed by atoms with Crippen LogP contribution in [-0.2, 0) is 16.0 Å². The van der Waals surface area contributed by atoms with Gasteiger partial charge in [0.25, 0.3) is 0 Å². The molecule has 0 saturated heterocycles. The highest BCUT2D eigenvalue weighted by atomic mass is 35.5. The van der Waals surface area contributed by atoms with E-state index in [9.17, 15) is 0 Å². The Labute approximate surface area is 126 Å². The number of rotatable bonds is 11. The summed E-state index contributed by atoms with van der Waals surface area (Å²) >= 11 is 6.20. The normalized spacial score (nSPS) is 10.8. The van der Waals surface area contributed by atoms with Gasteiger partial charge in [0.15, 0.2) is 0 Å². The minimum absolute atomic E-state index is 0.618. The van der Waals surface area contributed by atoms with E-state index < -0.39 is 0 Å². The minimum atomic E-state index is 0.618. The molecule has 0 aliphatic heterocycles. The second-order valence-corrected chi connectivity index (χ2v) is 4.71. The predicted octanol–water partition coefficient (Wildman–Crippen LogP) is 2.88. The lowest BCUT2D eigenvalue weighted by molar-refractivity contribution is 0.0644. The standard InChI is InChI=1S/C15H24ClNO3/c1-3-17-12-13-14(16)6-4-7-15(13)20-9-5-8-19-11-10-18-2/h4,6-7,17H,3,5,8-12H2,1-2H3. The van der Waals surface area contributed by atoms with Crippen molar-refractivity contribution in [3.8, 4) is 5.75 Å². The SMILES string of the molecule is CCNCc1c(Cl)cccc1OCCCOCCOC. The van der Waals surface area contributed by atoms with Gasteiger partial charge in [0.05, 0.1) is 19.8 Å². The summed E-state index contributed by atoms with van der Waals surface area (Å²) in [5, 5.41) is 4.00. The monoisotopic (exact) mass is 301 g/mol. The van der Waals surface area contributed by atoms with Crippen molar-refractivity contribution in [2.75, 3.05) is 40.1 Å². The molecule has 0 radical (unpaired) electrons. The maximum absolute atomic E-state index is 6.20. The van der Waals surface area contributed by atoms with E-state index in [1.807, 2.05) is 18.2 Å². The maximum Gasteiger partial charge on any atom is 0.125 e. The van der Waals surface area contributed by atoms with Gasteiger partial charge in [-0.15, -0.1) is 0 Å². The molecular formula is C15H24ClNO3. The van der Waals surface area contributed by atoms with Crippen LogP contribution in [0, 0.1) is 0 Å². The fraction of sp³-hybridized carbons (Fsp3) is 0.600. The largest absolute Gasteiger partial charge is 0.493 e. The fourth-order valence-electron chi connectivity index (χ4n) is 1.68. The van der Waals surface area contributed by atoms with Crippen LogP contribution in [0.4, 0.5) is 0 Å². The molecule has 5 heteroatoms. The van der Waals surface area contributed by atoms with Gasteiger partial charge in [0.2, 0.25) is 0 Å². The van der Waals surface area contributed by atoms with E-state index in [0.29, 0.717) is 26.4 Å². The summed E-state index contributed by atoms with van der Waals surface area (Å²) in [6.07, 6.45) is 0.844. The number of hydrogen-bond donors (Lipinski definition) is 1. The zero-order valence-electron chi connectivity index (χ0n) is 12.3. The molecule has 0 unspecified atom stereocenters. The molecule has 20 heavy (non-hydrogen) atoms. The van der Waals surface area contributed by atoms with E-state index in [4.69, 9.17) is 25.8 Å². The van der Waals surface area contributed by atoms with E-state index in [0.717, 1.165) is 35.8 Å². The Balaban J connectivity index is 2.33. The summed E-state index contributed by atoms with van der Waals surface area (Å²) < 4.78 is 16.1. The summed E-state index contributed by atoms with van der Waals surface area (Å²) in [4.78, 5) is 0. The average molecular weight is 302 g/mol. The van der Waals surface area contributed by atoms with E-state index in [1.54, 1.807) is 7.11 Å². The molecule has 0 aliphatic carbocycles. The third kappa shape index (κ3) is 6.57. The zero-order chi connectivity index (χ0) is 14.6. The quantitative estimate of drug-likeness (QED) is 0.638. The highest BCUT2D eigenvalue weighted by Crippen LogP contribution is 2.26. The van der Waals surface area contributed by atoms with Crippen LogP contribution in [0.5, 0.6) is 5.75 Å². The van der Waals surface area contributed by atoms with Crippen molar-refractivity contribution in [2.24, 2.45) is 0 Å². The Morgan fingerprint density at radius 3 is 2.75 bits per heavy atom. The van der Waals surface area contributed by atoms with Crippen molar-refractivity contribution in [1.82, 2.24) is 5.32 Å². The zero-order valence-corrected chi connectivity index (χ0v) is 13.0. The van der Waals surface area contributed by atoms with E-state index in [1.165, 1.54) is 0 Å². The molecule has 0 bridgehead atoms. The smallest absolute Gasteiger partial charge is 0.125 e. The van der Waals surface area contributed by atoms with Gasteiger partial charge in [-0.05, 0) is 18.7 Å². The number of methoxy groups -OCH3 is 1. The average Bonchev–Trinajstić information content (AvgIpc) is 2.45. The number of nitrogens with one attached hydrogen (secondary N) is 1. The first-order valence-electron chi connectivity index (χ1n) is 6.97. The van der Waals surface area contributed by atoms with Crippen molar-refractivity contribution in [3.05, 3.63) is 28.8 Å². The highest BCUT2D eigenvalue weighted by Gasteiger charge is 2.07. The van der Waals surface area contributed by atoms with Crippen molar-refractivity contribution in [3.63, 3.8) is 0 Å². The third-order valence-electron chi connectivity index (χ3n) is 2.75. The molecule has 0 heterocycles. The minimum Gasteiger partial charge on any atom is -0.493 e. The summed E-state index contributed by atoms with van der Waals surface area (Å²) in [6.45, 7) is 6.23. The molecule has 0 aliphatic rings. The van der Waals surface area contributed by atoms with Crippen molar-refractivity contribution >= 4 is 11.6 Å². The van der Waals surface area contributed by atoms with Crippen molar-refractivity contribution in [2.45, 2.75) is 19.9 Å². The molecule has 114 valence electrons. The second kappa shape index (κ2) is 10.9. The Morgan fingerprint density at radius 1 is 1.15 bits per heavy atom. The number of halogens is 1. The molecular weight excluding hydrogens is 278 g/mol. The molecule has 1 rings (SSSR count). The van der Waals surface area contributed by atoms with Gasteiger partial charge in [-0.25, -0.2) is 0 Å². The van der Waals surface area contributed by atoms with Gasteiger partial charge in [-0.1, -0.05) is 24.6 Å². The number of benzene rings is 1. The van der Waals surface area contributed by atoms with Gasteiger partial charge < -0.3 is 19.5 Å². The third-order valence-corrected chi connectivity index (χ3v) is 3.10. The van der Waals surface area contributed by atoms with Gasteiger partial charge in [-0.3, -0.25) is 0 Å². The topological polar surface area (TPSA) is 39.7 Å². The van der Waals surface area contributed by atoms with Crippen LogP contribution in [0.25, 0.3) is 0 Å². The highest BCUT2D eigenvalue weighted by molar-refractivity contribution is 6.31. The van der Waals surface area contributed by atoms with Crippen LogP contribution in [0.1, 0.15) is 18.9 Å². The first kappa shape index (κ1) is 17.2. The first-order valence-corrected chi connectivity index (χ1v) is 7.35. The van der Waals surface area contributed by atoms with Crippen LogP contribution < -0.4 is 10.1 Å². The van der Waals surface area contributed by atoms with Crippen LogP contribution in [0.15, 0.2) is 18.2 Å². The summed E-state index contributed by atoms with van der Waals surface area (Å²) in [7, 11) is 1.66. The van der Waals surface area contributed by atoms with Crippen LogP contribution in [-0.4, -0.2) is 40.1 Å². The molecule has 0 spiro atoms. The van der Waals surface area contributed by atoms with Gasteiger partial charge in [0, 0.05) is 37.3 Å². The molecule has 4 nitrogen and oxygen atoms in total. The van der Waals surface area contributed by atoms with Gasteiger partial charge in [-0.2, -0.15) is 0 Å². The Morgan fingerprint density at radius 2 is 2.00 bits per heavy atom. The van der Waals surface area contributed by atoms with E-state index >= 15 is 0 Å². The molecule has 0 fully saturated rings. The molecule has 1 N–H and O–H groups in total. The predicted molar refractivity (Wildman–Crippen MR) is 81.6 cm³/mol. The summed E-state index contributed by atoms with van der Waals surface area (Å²) in [5.74, 6) is 0.843. The lowest BCUT2D eigenvalue weighted by atomic mass is 10.2. The molecule has 0 amide bonds. The van der Waals surface area contributed by atoms with Crippen molar-refractivity contribution in [1.29, 1.82) is 0 Å². The van der Waals surface area contributed by atoms with Crippen LogP contribution in [0.3, 0.4) is 0 Å². The Hall–Kier alpha value is -0.810.